The zero-order valence-corrected chi connectivity index (χ0v) is 12.8. The molecule has 0 aliphatic carbocycles. The Morgan fingerprint density at radius 1 is 1.26 bits per heavy atom. The number of rotatable bonds is 6. The molecule has 2 N–H and O–H groups in total. The number of nitrogens with one attached hydrogen (secondary N) is 1. The molecule has 0 radical (unpaired) electrons. The lowest BCUT2D eigenvalue weighted by molar-refractivity contribution is 0.0266. The van der Waals surface area contributed by atoms with Crippen molar-refractivity contribution >= 4 is 15.5 Å². The summed E-state index contributed by atoms with van der Waals surface area (Å²) in [6, 6.07) is 6.62. The molecule has 0 heterocycles. The highest BCUT2D eigenvalue weighted by atomic mass is 32.2. The Balaban J connectivity index is 2.74. The molecular weight excluding hydrogens is 262 g/mol. The molecule has 0 amide bonds. The van der Waals surface area contributed by atoms with E-state index in [0.29, 0.717) is 11.4 Å². The number of anilines is 1. The number of hydrogen-bond donors (Lipinski definition) is 2. The third-order valence-electron chi connectivity index (χ3n) is 3.49. The third-order valence-corrected chi connectivity index (χ3v) is 5.24. The number of hydrogen-bond acceptors (Lipinski definition) is 4. The van der Waals surface area contributed by atoms with Gasteiger partial charge in [-0.3, -0.25) is 0 Å². The topological polar surface area (TPSA) is 66.4 Å². The molecule has 19 heavy (non-hydrogen) atoms. The summed E-state index contributed by atoms with van der Waals surface area (Å²) in [5, 5.41) is 13.2. The van der Waals surface area contributed by atoms with Gasteiger partial charge in [0.1, 0.15) is 0 Å². The highest BCUT2D eigenvalue weighted by molar-refractivity contribution is 7.91. The SMILES string of the molecule is CCS(=O)(=O)c1ccc(NCC(C)(O)C(C)C)cc1. The van der Waals surface area contributed by atoms with Gasteiger partial charge in [-0.15, -0.1) is 0 Å². The lowest BCUT2D eigenvalue weighted by Gasteiger charge is -2.28. The van der Waals surface area contributed by atoms with Crippen molar-refractivity contribution in [3.8, 4) is 0 Å². The summed E-state index contributed by atoms with van der Waals surface area (Å²) in [6.45, 7) is 7.74. The summed E-state index contributed by atoms with van der Waals surface area (Å²) in [5.41, 5.74) is 0.00438. The molecule has 4 nitrogen and oxygen atoms in total. The van der Waals surface area contributed by atoms with Gasteiger partial charge in [-0.1, -0.05) is 20.8 Å². The Hall–Kier alpha value is -1.07. The molecule has 0 aliphatic heterocycles. The zero-order chi connectivity index (χ0) is 14.7. The fraction of sp³-hybridized carbons (Fsp3) is 0.571. The van der Waals surface area contributed by atoms with Gasteiger partial charge in [0.2, 0.25) is 0 Å². The molecule has 0 aliphatic rings. The van der Waals surface area contributed by atoms with Crippen LogP contribution < -0.4 is 5.32 Å². The predicted molar refractivity (Wildman–Crippen MR) is 78.1 cm³/mol. The van der Waals surface area contributed by atoms with Gasteiger partial charge in [0.05, 0.1) is 16.2 Å². The summed E-state index contributed by atoms with van der Waals surface area (Å²) < 4.78 is 23.3. The Morgan fingerprint density at radius 2 is 1.79 bits per heavy atom. The maximum atomic E-state index is 11.7. The van der Waals surface area contributed by atoms with Gasteiger partial charge < -0.3 is 10.4 Å². The molecule has 1 aromatic carbocycles. The van der Waals surface area contributed by atoms with Crippen LogP contribution in [0.25, 0.3) is 0 Å². The smallest absolute Gasteiger partial charge is 0.178 e. The Labute approximate surface area is 115 Å². The zero-order valence-electron chi connectivity index (χ0n) is 12.0. The Kier molecular flexibility index (Phi) is 4.98. The van der Waals surface area contributed by atoms with Gasteiger partial charge in [0, 0.05) is 12.2 Å². The first-order valence-corrected chi connectivity index (χ1v) is 8.13. The highest BCUT2D eigenvalue weighted by Crippen LogP contribution is 2.19. The summed E-state index contributed by atoms with van der Waals surface area (Å²) in [7, 11) is -3.15. The molecule has 1 atom stereocenters. The Bertz CT molecular complexity index is 504. The second kappa shape index (κ2) is 5.92. The van der Waals surface area contributed by atoms with Crippen molar-refractivity contribution in [3.05, 3.63) is 24.3 Å². The lowest BCUT2D eigenvalue weighted by atomic mass is 9.92. The molecule has 0 fully saturated rings. The lowest BCUT2D eigenvalue weighted by Crippen LogP contribution is -2.38. The van der Waals surface area contributed by atoms with Crippen molar-refractivity contribution in [1.82, 2.24) is 0 Å². The number of benzene rings is 1. The van der Waals surface area contributed by atoms with Crippen molar-refractivity contribution in [2.75, 3.05) is 17.6 Å². The van der Waals surface area contributed by atoms with Crippen LogP contribution in [0.2, 0.25) is 0 Å². The molecule has 0 spiro atoms. The van der Waals surface area contributed by atoms with Crippen LogP contribution in [0.15, 0.2) is 29.2 Å². The van der Waals surface area contributed by atoms with Crippen LogP contribution in [-0.2, 0) is 9.84 Å². The normalized spacial score (nSPS) is 15.3. The molecule has 1 unspecified atom stereocenters. The molecule has 0 aromatic heterocycles. The van der Waals surface area contributed by atoms with Crippen molar-refractivity contribution in [2.45, 2.75) is 38.2 Å². The minimum atomic E-state index is -3.15. The van der Waals surface area contributed by atoms with Crippen molar-refractivity contribution in [3.63, 3.8) is 0 Å². The maximum Gasteiger partial charge on any atom is 0.178 e. The van der Waals surface area contributed by atoms with Crippen molar-refractivity contribution < 1.29 is 13.5 Å². The van der Waals surface area contributed by atoms with Crippen LogP contribution in [0.5, 0.6) is 0 Å². The summed E-state index contributed by atoms with van der Waals surface area (Å²) in [6.07, 6.45) is 0. The van der Waals surface area contributed by atoms with Gasteiger partial charge in [-0.05, 0) is 37.1 Å². The quantitative estimate of drug-likeness (QED) is 0.841. The fourth-order valence-corrected chi connectivity index (χ4v) is 2.32. The minimum Gasteiger partial charge on any atom is -0.388 e. The van der Waals surface area contributed by atoms with E-state index in [0.717, 1.165) is 5.69 Å². The van der Waals surface area contributed by atoms with Crippen molar-refractivity contribution in [2.24, 2.45) is 5.92 Å². The second-order valence-electron chi connectivity index (χ2n) is 5.29. The molecule has 1 aromatic rings. The van der Waals surface area contributed by atoms with Crippen LogP contribution >= 0.6 is 0 Å². The fourth-order valence-electron chi connectivity index (χ4n) is 1.43. The predicted octanol–water partition coefficient (Wildman–Crippen LogP) is 2.30. The van der Waals surface area contributed by atoms with E-state index in [9.17, 15) is 13.5 Å². The third kappa shape index (κ3) is 4.21. The minimum absolute atomic E-state index is 0.0990. The van der Waals surface area contributed by atoms with Gasteiger partial charge in [-0.25, -0.2) is 8.42 Å². The summed E-state index contributed by atoms with van der Waals surface area (Å²) in [4.78, 5) is 0.330. The van der Waals surface area contributed by atoms with Crippen molar-refractivity contribution in [1.29, 1.82) is 0 Å². The number of sulfone groups is 1. The first kappa shape index (κ1) is 16.0. The Morgan fingerprint density at radius 3 is 2.21 bits per heavy atom. The average molecular weight is 285 g/mol. The molecule has 0 bridgehead atoms. The van der Waals surface area contributed by atoms with E-state index in [2.05, 4.69) is 5.32 Å². The summed E-state index contributed by atoms with van der Waals surface area (Å²) in [5.74, 6) is 0.238. The average Bonchev–Trinajstić information content (AvgIpc) is 2.37. The highest BCUT2D eigenvalue weighted by Gasteiger charge is 2.24. The van der Waals surface area contributed by atoms with E-state index in [-0.39, 0.29) is 11.7 Å². The van der Waals surface area contributed by atoms with Gasteiger partial charge >= 0.3 is 0 Å². The van der Waals surface area contributed by atoms with Gasteiger partial charge in [0.25, 0.3) is 0 Å². The first-order valence-electron chi connectivity index (χ1n) is 6.48. The van der Waals surface area contributed by atoms with E-state index in [1.165, 1.54) is 0 Å². The maximum absolute atomic E-state index is 11.7. The van der Waals surface area contributed by atoms with E-state index >= 15 is 0 Å². The van der Waals surface area contributed by atoms with Crippen LogP contribution in [0.1, 0.15) is 27.7 Å². The first-order chi connectivity index (χ1) is 8.69. The number of aliphatic hydroxyl groups is 1. The van der Waals surface area contributed by atoms with E-state index < -0.39 is 15.4 Å². The van der Waals surface area contributed by atoms with Crippen LogP contribution in [0.3, 0.4) is 0 Å². The van der Waals surface area contributed by atoms with Crippen LogP contribution in [0, 0.1) is 5.92 Å². The van der Waals surface area contributed by atoms with E-state index in [1.54, 1.807) is 38.1 Å². The van der Waals surface area contributed by atoms with E-state index in [1.807, 2.05) is 13.8 Å². The molecule has 0 saturated carbocycles. The molecular formula is C14H23NO3S. The standard InChI is InChI=1S/C14H23NO3S/c1-5-19(17,18)13-8-6-12(7-9-13)15-10-14(4,16)11(2)3/h6-9,11,15-16H,5,10H2,1-4H3. The molecule has 1 rings (SSSR count). The molecule has 0 saturated heterocycles. The second-order valence-corrected chi connectivity index (χ2v) is 7.57. The van der Waals surface area contributed by atoms with Crippen LogP contribution in [-0.4, -0.2) is 31.4 Å². The van der Waals surface area contributed by atoms with Gasteiger partial charge in [-0.2, -0.15) is 0 Å². The van der Waals surface area contributed by atoms with Gasteiger partial charge in [0.15, 0.2) is 9.84 Å². The van der Waals surface area contributed by atoms with E-state index in [4.69, 9.17) is 0 Å². The largest absolute Gasteiger partial charge is 0.388 e. The molecule has 108 valence electrons. The summed E-state index contributed by atoms with van der Waals surface area (Å²) >= 11 is 0. The monoisotopic (exact) mass is 285 g/mol. The van der Waals surface area contributed by atoms with Crippen LogP contribution in [0.4, 0.5) is 5.69 Å². The molecule has 5 heteroatoms.